The Bertz CT molecular complexity index is 1790. The number of halogens is 1. The summed E-state index contributed by atoms with van der Waals surface area (Å²) in [7, 11) is 0. The number of thioether (sulfide) groups is 1. The van der Waals surface area contributed by atoms with Crippen LogP contribution in [0.5, 0.6) is 0 Å². The second-order valence-corrected chi connectivity index (χ2v) is 17.7. The van der Waals surface area contributed by atoms with Gasteiger partial charge < -0.3 is 40.4 Å². The van der Waals surface area contributed by atoms with E-state index in [1.807, 2.05) is 40.9 Å². The molecule has 3 amide bonds. The van der Waals surface area contributed by atoms with Crippen LogP contribution in [-0.2, 0) is 39.8 Å². The van der Waals surface area contributed by atoms with Crippen molar-refractivity contribution < 1.29 is 38.2 Å². The summed E-state index contributed by atoms with van der Waals surface area (Å²) in [6.45, 7) is 7.68. The minimum Gasteiger partial charge on any atom is -0.379 e. The standard InChI is InChI=1S/C45H64ClN7O8S/c1-2-34(54)28-32-12-3-5-18-38(32)49-43-37(46)29-47-44(52-43)48-33-13-10-21-53(30-33)41(57)20-9-16-36(56)17-11-23-60-25-27-61-26-24-59-22-8-7-15-35(55)14-4-6-19-40-42-39(31-62-40)50-45(58)51-42/h2-3,5,12,18,29,33,39-40,42H,1,4,6-11,13-17,19-28,30-31H2,(H2,50,51,58)(H2,47,48,49,52)/t33-,39-,40-,42-/m0/s1. The average Bonchev–Trinajstić information content (AvgIpc) is 3.83. The molecule has 0 unspecified atom stereocenters. The van der Waals surface area contributed by atoms with Crippen molar-refractivity contribution in [1.82, 2.24) is 25.5 Å². The summed E-state index contributed by atoms with van der Waals surface area (Å²) >= 11 is 8.34. The minimum absolute atomic E-state index is 0.0330. The molecular weight excluding hydrogens is 834 g/mol. The van der Waals surface area contributed by atoms with Crippen LogP contribution in [0, 0.1) is 0 Å². The number of amides is 3. The molecule has 0 spiro atoms. The first-order chi connectivity index (χ1) is 30.2. The summed E-state index contributed by atoms with van der Waals surface area (Å²) < 4.78 is 16.8. The van der Waals surface area contributed by atoms with Crippen LogP contribution >= 0.6 is 23.4 Å². The highest BCUT2D eigenvalue weighted by atomic mass is 35.5. The van der Waals surface area contributed by atoms with Gasteiger partial charge in [0.05, 0.1) is 44.7 Å². The molecule has 17 heteroatoms. The molecule has 0 radical (unpaired) electrons. The molecule has 3 aliphatic rings. The Morgan fingerprint density at radius 3 is 2.35 bits per heavy atom. The summed E-state index contributed by atoms with van der Waals surface area (Å²) in [4.78, 5) is 72.0. The van der Waals surface area contributed by atoms with E-state index in [0.717, 1.165) is 56.3 Å². The van der Waals surface area contributed by atoms with Gasteiger partial charge in [-0.3, -0.25) is 19.2 Å². The van der Waals surface area contributed by atoms with E-state index in [1.54, 1.807) is 0 Å². The predicted octanol–water partition coefficient (Wildman–Crippen LogP) is 6.61. The number of rotatable bonds is 31. The van der Waals surface area contributed by atoms with Crippen molar-refractivity contribution in [3.05, 3.63) is 53.7 Å². The van der Waals surface area contributed by atoms with Crippen molar-refractivity contribution >= 4 is 70.1 Å². The van der Waals surface area contributed by atoms with Crippen molar-refractivity contribution in [3.8, 4) is 0 Å². The molecule has 340 valence electrons. The van der Waals surface area contributed by atoms with Gasteiger partial charge in [-0.05, 0) is 69.1 Å². The number of allylic oxidation sites excluding steroid dienone is 1. The molecule has 4 heterocycles. The first kappa shape index (κ1) is 48.9. The molecule has 3 saturated heterocycles. The number of Topliss-reactive ketones (excluding diaryl/α,β-unsaturated/α-hetero) is 2. The van der Waals surface area contributed by atoms with Gasteiger partial charge in [0.15, 0.2) is 11.6 Å². The summed E-state index contributed by atoms with van der Waals surface area (Å²) in [6, 6.07) is 7.81. The Balaban J connectivity index is 0.813. The monoisotopic (exact) mass is 897 g/mol. The van der Waals surface area contributed by atoms with Crippen LogP contribution in [-0.4, -0.2) is 126 Å². The van der Waals surface area contributed by atoms with Gasteiger partial charge in [0, 0.05) is 87.6 Å². The number of piperidine rings is 1. The van der Waals surface area contributed by atoms with Crippen molar-refractivity contribution in [2.75, 3.05) is 69.1 Å². The number of hydrogen-bond donors (Lipinski definition) is 4. The van der Waals surface area contributed by atoms with E-state index >= 15 is 0 Å². The first-order valence-electron chi connectivity index (χ1n) is 22.2. The maximum atomic E-state index is 13.0. The SMILES string of the molecule is C=CC(=O)Cc1ccccc1Nc1nc(N[C@H]2CCCN(C(=O)CCCC(=O)CCCOCCOCCOCCCCC(=O)CCCC[C@@H]3SC[C@@H]4NC(=O)N[C@@H]43)C2)ncc1Cl. The lowest BCUT2D eigenvalue weighted by atomic mass is 10.0. The molecule has 5 rings (SSSR count). The van der Waals surface area contributed by atoms with E-state index in [9.17, 15) is 24.0 Å². The summed E-state index contributed by atoms with van der Waals surface area (Å²) in [5, 5.41) is 13.3. The molecule has 3 fully saturated rings. The highest BCUT2D eigenvalue weighted by Gasteiger charge is 2.42. The van der Waals surface area contributed by atoms with Crippen molar-refractivity contribution in [3.63, 3.8) is 0 Å². The van der Waals surface area contributed by atoms with E-state index in [0.29, 0.717) is 131 Å². The number of carbonyl (C=O) groups is 5. The van der Waals surface area contributed by atoms with Crippen LogP contribution < -0.4 is 21.3 Å². The maximum Gasteiger partial charge on any atom is 0.315 e. The van der Waals surface area contributed by atoms with Gasteiger partial charge in [-0.25, -0.2) is 9.78 Å². The smallest absolute Gasteiger partial charge is 0.315 e. The molecule has 4 N–H and O–H groups in total. The Morgan fingerprint density at radius 2 is 1.58 bits per heavy atom. The first-order valence-corrected chi connectivity index (χ1v) is 23.6. The van der Waals surface area contributed by atoms with E-state index < -0.39 is 0 Å². The summed E-state index contributed by atoms with van der Waals surface area (Å²) in [5.41, 5.74) is 1.50. The largest absolute Gasteiger partial charge is 0.379 e. The van der Waals surface area contributed by atoms with Crippen LogP contribution in [0.25, 0.3) is 0 Å². The number of unbranched alkanes of at least 4 members (excludes halogenated alkanes) is 2. The van der Waals surface area contributed by atoms with Gasteiger partial charge in [-0.1, -0.05) is 42.8 Å². The van der Waals surface area contributed by atoms with Gasteiger partial charge in [0.25, 0.3) is 0 Å². The number of ether oxygens (including phenoxy) is 3. The number of fused-ring (bicyclic) bond motifs is 1. The zero-order chi connectivity index (χ0) is 43.9. The lowest BCUT2D eigenvalue weighted by Crippen LogP contribution is -2.45. The van der Waals surface area contributed by atoms with Crippen LogP contribution in [0.4, 0.5) is 22.2 Å². The number of urea groups is 1. The van der Waals surface area contributed by atoms with Crippen molar-refractivity contribution in [2.45, 2.75) is 120 Å². The third kappa shape index (κ3) is 17.2. The Labute approximate surface area is 375 Å². The van der Waals surface area contributed by atoms with Crippen LogP contribution in [0.1, 0.15) is 95.5 Å². The molecule has 0 aliphatic carbocycles. The van der Waals surface area contributed by atoms with Crippen LogP contribution in [0.3, 0.4) is 0 Å². The Kier molecular flexibility index (Phi) is 21.4. The zero-order valence-corrected chi connectivity index (χ0v) is 37.4. The van der Waals surface area contributed by atoms with Crippen molar-refractivity contribution in [1.29, 1.82) is 0 Å². The topological polar surface area (TPSA) is 190 Å². The normalized spacial score (nSPS) is 19.4. The zero-order valence-electron chi connectivity index (χ0n) is 35.8. The fourth-order valence-corrected chi connectivity index (χ4v) is 9.49. The number of nitrogens with one attached hydrogen (secondary N) is 4. The fourth-order valence-electron chi connectivity index (χ4n) is 7.81. The molecule has 4 atom stereocenters. The van der Waals surface area contributed by atoms with Crippen molar-refractivity contribution in [2.24, 2.45) is 0 Å². The number of likely N-dealkylation sites (tertiary alicyclic amines) is 1. The number of ketones is 3. The van der Waals surface area contributed by atoms with Gasteiger partial charge in [-0.15, -0.1) is 0 Å². The second-order valence-electron chi connectivity index (χ2n) is 16.0. The van der Waals surface area contributed by atoms with E-state index in [4.69, 9.17) is 25.8 Å². The van der Waals surface area contributed by atoms with E-state index in [1.165, 1.54) is 12.3 Å². The number of anilines is 3. The quantitative estimate of drug-likeness (QED) is 0.0360. The molecule has 15 nitrogen and oxygen atoms in total. The molecule has 2 aromatic rings. The highest BCUT2D eigenvalue weighted by Crippen LogP contribution is 2.33. The van der Waals surface area contributed by atoms with Gasteiger partial charge >= 0.3 is 6.03 Å². The van der Waals surface area contributed by atoms with E-state index in [-0.39, 0.29) is 48.1 Å². The molecule has 1 aromatic heterocycles. The van der Waals surface area contributed by atoms with E-state index in [2.05, 4.69) is 37.8 Å². The maximum absolute atomic E-state index is 13.0. The molecule has 0 bridgehead atoms. The Hall–Kier alpha value is -4.09. The molecule has 3 aliphatic heterocycles. The van der Waals surface area contributed by atoms with Gasteiger partial charge in [0.2, 0.25) is 11.9 Å². The number of carbonyl (C=O) groups excluding carboxylic acids is 5. The lowest BCUT2D eigenvalue weighted by molar-refractivity contribution is -0.132. The third-order valence-corrected chi connectivity index (χ3v) is 13.0. The fraction of sp³-hybridized carbons (Fsp3) is 0.622. The molecule has 0 saturated carbocycles. The highest BCUT2D eigenvalue weighted by molar-refractivity contribution is 8.00. The van der Waals surface area contributed by atoms with Gasteiger partial charge in [0.1, 0.15) is 16.6 Å². The summed E-state index contributed by atoms with van der Waals surface area (Å²) in [6.07, 6.45) is 12.8. The molecular formula is C45H64ClN7O8S. The number of hydrogen-bond acceptors (Lipinski definition) is 13. The number of aromatic nitrogens is 2. The predicted molar refractivity (Wildman–Crippen MR) is 242 cm³/mol. The van der Waals surface area contributed by atoms with Crippen LogP contribution in [0.2, 0.25) is 5.02 Å². The summed E-state index contributed by atoms with van der Waals surface area (Å²) in [5.74, 6) is 2.13. The number of nitrogens with zero attached hydrogens (tertiary/aromatic N) is 3. The lowest BCUT2D eigenvalue weighted by Gasteiger charge is -2.33. The minimum atomic E-state index is -0.0939. The average molecular weight is 899 g/mol. The Morgan fingerprint density at radius 1 is 0.887 bits per heavy atom. The second kappa shape index (κ2) is 27.2. The third-order valence-electron chi connectivity index (χ3n) is 11.2. The number of para-hydroxylation sites is 1. The number of benzene rings is 1. The molecule has 1 aromatic carbocycles. The molecule has 62 heavy (non-hydrogen) atoms. The van der Waals surface area contributed by atoms with Gasteiger partial charge in [-0.2, -0.15) is 16.7 Å². The van der Waals surface area contributed by atoms with Crippen LogP contribution in [0.15, 0.2) is 43.1 Å².